The summed E-state index contributed by atoms with van der Waals surface area (Å²) in [5.41, 5.74) is 5.91. The van der Waals surface area contributed by atoms with Crippen LogP contribution < -0.4 is 15.2 Å². The SMILES string of the molecule is CCOc1ncnc(OC(C)(C)CC)c1N. The highest BCUT2D eigenvalue weighted by Crippen LogP contribution is 2.30. The molecule has 0 saturated carbocycles. The van der Waals surface area contributed by atoms with Gasteiger partial charge in [0.2, 0.25) is 11.8 Å². The zero-order valence-corrected chi connectivity index (χ0v) is 10.3. The molecular weight excluding hydrogens is 206 g/mol. The van der Waals surface area contributed by atoms with E-state index in [0.717, 1.165) is 6.42 Å². The van der Waals surface area contributed by atoms with Crippen LogP contribution in [0.3, 0.4) is 0 Å². The average molecular weight is 225 g/mol. The van der Waals surface area contributed by atoms with Crippen molar-refractivity contribution in [2.24, 2.45) is 0 Å². The summed E-state index contributed by atoms with van der Waals surface area (Å²) < 4.78 is 11.0. The maximum Gasteiger partial charge on any atom is 0.244 e. The molecule has 0 unspecified atom stereocenters. The van der Waals surface area contributed by atoms with Crippen molar-refractivity contribution in [3.63, 3.8) is 0 Å². The standard InChI is InChI=1S/C11H19N3O2/c1-5-11(3,4)16-10-8(12)9(15-6-2)13-7-14-10/h7H,5-6,12H2,1-4H3. The van der Waals surface area contributed by atoms with Crippen LogP contribution in [0.2, 0.25) is 0 Å². The van der Waals surface area contributed by atoms with Gasteiger partial charge in [0.05, 0.1) is 6.61 Å². The third-order valence-electron chi connectivity index (χ3n) is 2.32. The molecule has 16 heavy (non-hydrogen) atoms. The van der Waals surface area contributed by atoms with E-state index in [4.69, 9.17) is 15.2 Å². The van der Waals surface area contributed by atoms with Gasteiger partial charge in [-0.3, -0.25) is 0 Å². The van der Waals surface area contributed by atoms with Crippen LogP contribution in [0.1, 0.15) is 34.1 Å². The summed E-state index contributed by atoms with van der Waals surface area (Å²) in [6, 6.07) is 0. The smallest absolute Gasteiger partial charge is 0.244 e. The van der Waals surface area contributed by atoms with E-state index in [9.17, 15) is 0 Å². The van der Waals surface area contributed by atoms with Crippen molar-refractivity contribution < 1.29 is 9.47 Å². The molecule has 0 aliphatic rings. The second-order valence-corrected chi connectivity index (χ2v) is 4.05. The molecule has 0 atom stereocenters. The van der Waals surface area contributed by atoms with Crippen molar-refractivity contribution in [3.8, 4) is 11.8 Å². The van der Waals surface area contributed by atoms with Gasteiger partial charge in [0.1, 0.15) is 11.9 Å². The Hall–Kier alpha value is -1.52. The maximum atomic E-state index is 5.86. The number of aromatic nitrogens is 2. The zero-order valence-electron chi connectivity index (χ0n) is 10.3. The van der Waals surface area contributed by atoms with E-state index in [1.54, 1.807) is 0 Å². The summed E-state index contributed by atoms with van der Waals surface area (Å²) in [4.78, 5) is 7.96. The second kappa shape index (κ2) is 5.01. The van der Waals surface area contributed by atoms with Gasteiger partial charge in [-0.25, -0.2) is 0 Å². The highest BCUT2D eigenvalue weighted by atomic mass is 16.5. The molecule has 5 heteroatoms. The van der Waals surface area contributed by atoms with Gasteiger partial charge in [-0.1, -0.05) is 6.92 Å². The van der Waals surface area contributed by atoms with Gasteiger partial charge in [0.15, 0.2) is 5.69 Å². The molecular formula is C11H19N3O2. The van der Waals surface area contributed by atoms with Gasteiger partial charge in [0.25, 0.3) is 0 Å². The van der Waals surface area contributed by atoms with Gasteiger partial charge < -0.3 is 15.2 Å². The van der Waals surface area contributed by atoms with Crippen molar-refractivity contribution in [1.29, 1.82) is 0 Å². The van der Waals surface area contributed by atoms with Gasteiger partial charge in [-0.05, 0) is 27.2 Å². The minimum atomic E-state index is -0.300. The Kier molecular flexibility index (Phi) is 3.93. The quantitative estimate of drug-likeness (QED) is 0.830. The van der Waals surface area contributed by atoms with Crippen molar-refractivity contribution >= 4 is 5.69 Å². The largest absolute Gasteiger partial charge is 0.476 e. The highest BCUT2D eigenvalue weighted by molar-refractivity contribution is 5.55. The van der Waals surface area contributed by atoms with Gasteiger partial charge in [-0.15, -0.1) is 0 Å². The fourth-order valence-corrected chi connectivity index (χ4v) is 1.03. The van der Waals surface area contributed by atoms with Crippen LogP contribution in [0.15, 0.2) is 6.33 Å². The summed E-state index contributed by atoms with van der Waals surface area (Å²) in [5.74, 6) is 0.754. The van der Waals surface area contributed by atoms with Crippen LogP contribution in [0.5, 0.6) is 11.8 Å². The minimum absolute atomic E-state index is 0.300. The number of hydrogen-bond donors (Lipinski definition) is 1. The first kappa shape index (κ1) is 12.5. The second-order valence-electron chi connectivity index (χ2n) is 4.05. The van der Waals surface area contributed by atoms with E-state index in [0.29, 0.717) is 24.1 Å². The minimum Gasteiger partial charge on any atom is -0.476 e. The predicted octanol–water partition coefficient (Wildman–Crippen LogP) is 2.02. The van der Waals surface area contributed by atoms with Crippen LogP contribution in [0, 0.1) is 0 Å². The summed E-state index contributed by atoms with van der Waals surface area (Å²) >= 11 is 0. The Morgan fingerprint density at radius 2 is 1.88 bits per heavy atom. The van der Waals surface area contributed by atoms with Gasteiger partial charge in [0, 0.05) is 0 Å². The van der Waals surface area contributed by atoms with Crippen LogP contribution >= 0.6 is 0 Å². The highest BCUT2D eigenvalue weighted by Gasteiger charge is 2.20. The van der Waals surface area contributed by atoms with Crippen molar-refractivity contribution in [2.45, 2.75) is 39.7 Å². The van der Waals surface area contributed by atoms with Gasteiger partial charge in [-0.2, -0.15) is 9.97 Å². The lowest BCUT2D eigenvalue weighted by Crippen LogP contribution is -2.27. The Labute approximate surface area is 96.0 Å². The Bertz CT molecular complexity index is 353. The lowest BCUT2D eigenvalue weighted by atomic mass is 10.1. The molecule has 2 N–H and O–H groups in total. The number of anilines is 1. The van der Waals surface area contributed by atoms with E-state index in [2.05, 4.69) is 9.97 Å². The number of nitrogens with two attached hydrogens (primary N) is 1. The molecule has 0 aliphatic heterocycles. The van der Waals surface area contributed by atoms with Crippen LogP contribution in [0.4, 0.5) is 5.69 Å². The molecule has 0 radical (unpaired) electrons. The van der Waals surface area contributed by atoms with Crippen LogP contribution in [-0.2, 0) is 0 Å². The molecule has 0 bridgehead atoms. The number of hydrogen-bond acceptors (Lipinski definition) is 5. The first-order valence-corrected chi connectivity index (χ1v) is 5.42. The van der Waals surface area contributed by atoms with Crippen LogP contribution in [0.25, 0.3) is 0 Å². The topological polar surface area (TPSA) is 70.3 Å². The molecule has 0 fully saturated rings. The Morgan fingerprint density at radius 1 is 1.25 bits per heavy atom. The first-order chi connectivity index (χ1) is 7.50. The molecule has 1 rings (SSSR count). The summed E-state index contributed by atoms with van der Waals surface area (Å²) in [6.45, 7) is 8.39. The monoisotopic (exact) mass is 225 g/mol. The summed E-state index contributed by atoms with van der Waals surface area (Å²) in [6.07, 6.45) is 2.25. The van der Waals surface area contributed by atoms with E-state index in [1.165, 1.54) is 6.33 Å². The fourth-order valence-electron chi connectivity index (χ4n) is 1.03. The van der Waals surface area contributed by atoms with Crippen LogP contribution in [-0.4, -0.2) is 22.2 Å². The van der Waals surface area contributed by atoms with E-state index in [-0.39, 0.29) is 5.60 Å². The van der Waals surface area contributed by atoms with Crippen molar-refractivity contribution in [3.05, 3.63) is 6.33 Å². The maximum absolute atomic E-state index is 5.86. The third kappa shape index (κ3) is 2.98. The lowest BCUT2D eigenvalue weighted by molar-refractivity contribution is 0.0993. The molecule has 5 nitrogen and oxygen atoms in total. The van der Waals surface area contributed by atoms with E-state index in [1.807, 2.05) is 27.7 Å². The average Bonchev–Trinajstić information content (AvgIpc) is 2.24. The Balaban J connectivity index is 2.93. The van der Waals surface area contributed by atoms with E-state index < -0.39 is 0 Å². The Morgan fingerprint density at radius 3 is 2.44 bits per heavy atom. The number of rotatable bonds is 5. The molecule has 1 heterocycles. The number of nitrogens with zero attached hydrogens (tertiary/aromatic N) is 2. The van der Waals surface area contributed by atoms with Gasteiger partial charge >= 0.3 is 0 Å². The molecule has 0 saturated heterocycles. The predicted molar refractivity (Wildman–Crippen MR) is 62.6 cm³/mol. The summed E-state index contributed by atoms with van der Waals surface area (Å²) in [7, 11) is 0. The molecule has 0 aliphatic carbocycles. The third-order valence-corrected chi connectivity index (χ3v) is 2.32. The fraction of sp³-hybridized carbons (Fsp3) is 0.636. The van der Waals surface area contributed by atoms with Crippen molar-refractivity contribution in [1.82, 2.24) is 9.97 Å². The molecule has 0 aromatic carbocycles. The van der Waals surface area contributed by atoms with E-state index >= 15 is 0 Å². The van der Waals surface area contributed by atoms with Crippen molar-refractivity contribution in [2.75, 3.05) is 12.3 Å². The lowest BCUT2D eigenvalue weighted by Gasteiger charge is -2.24. The number of nitrogen functional groups attached to an aromatic ring is 1. The summed E-state index contributed by atoms with van der Waals surface area (Å²) in [5, 5.41) is 0. The molecule has 1 aromatic rings. The number of ether oxygens (including phenoxy) is 2. The molecule has 0 spiro atoms. The molecule has 90 valence electrons. The normalized spacial score (nSPS) is 11.2. The molecule has 0 amide bonds. The first-order valence-electron chi connectivity index (χ1n) is 5.42. The zero-order chi connectivity index (χ0) is 12.2. The molecule has 1 aromatic heterocycles.